The first-order valence-corrected chi connectivity index (χ1v) is 8.90. The van der Waals surface area contributed by atoms with Gasteiger partial charge in [0.25, 0.3) is 0 Å². The van der Waals surface area contributed by atoms with E-state index in [2.05, 4.69) is 30.3 Å². The summed E-state index contributed by atoms with van der Waals surface area (Å²) >= 11 is 0. The highest BCUT2D eigenvalue weighted by atomic mass is 16.4. The lowest BCUT2D eigenvalue weighted by Gasteiger charge is -2.15. The Hall–Kier alpha value is -3.65. The van der Waals surface area contributed by atoms with Crippen molar-refractivity contribution in [3.05, 3.63) is 96.6 Å². The maximum Gasteiger partial charge on any atom is 0.336 e. The minimum atomic E-state index is -0.909. The van der Waals surface area contributed by atoms with Gasteiger partial charge in [-0.1, -0.05) is 78.9 Å². The summed E-state index contributed by atoms with van der Waals surface area (Å²) in [7, 11) is 0. The van der Waals surface area contributed by atoms with Crippen molar-refractivity contribution in [2.45, 2.75) is 0 Å². The lowest BCUT2D eigenvalue weighted by Crippen LogP contribution is -2.01. The number of carboxylic acids is 1. The van der Waals surface area contributed by atoms with E-state index in [1.165, 1.54) is 5.39 Å². The molecule has 0 radical (unpaired) electrons. The molecule has 0 aliphatic carbocycles. The summed E-state index contributed by atoms with van der Waals surface area (Å²) in [5.41, 5.74) is 2.06. The van der Waals surface area contributed by atoms with E-state index in [0.717, 1.165) is 38.1 Å². The van der Waals surface area contributed by atoms with Crippen LogP contribution in [0.3, 0.4) is 0 Å². The van der Waals surface area contributed by atoms with Gasteiger partial charge in [0.15, 0.2) is 0 Å². The summed E-state index contributed by atoms with van der Waals surface area (Å²) in [6, 6.07) is 30.1. The lowest BCUT2D eigenvalue weighted by atomic mass is 9.88. The van der Waals surface area contributed by atoms with Crippen molar-refractivity contribution in [1.29, 1.82) is 0 Å². The van der Waals surface area contributed by atoms with Gasteiger partial charge >= 0.3 is 5.97 Å². The molecule has 0 saturated carbocycles. The molecular weight excluding hydrogens is 332 g/mol. The maximum absolute atomic E-state index is 12.0. The molecule has 5 aromatic rings. The fourth-order valence-electron chi connectivity index (χ4n) is 4.00. The molecule has 27 heavy (non-hydrogen) atoms. The number of fused-ring (bicyclic) bond motifs is 4. The number of carbonyl (C=O) groups is 1. The molecular formula is C25H16O2. The first-order valence-electron chi connectivity index (χ1n) is 8.90. The zero-order valence-electron chi connectivity index (χ0n) is 14.5. The van der Waals surface area contributed by atoms with Crippen LogP contribution in [0.2, 0.25) is 0 Å². The number of hydrogen-bond acceptors (Lipinski definition) is 1. The van der Waals surface area contributed by atoms with Crippen molar-refractivity contribution in [2.24, 2.45) is 0 Å². The van der Waals surface area contributed by atoms with Crippen molar-refractivity contribution in [3.63, 3.8) is 0 Å². The second-order valence-corrected chi connectivity index (χ2v) is 6.71. The van der Waals surface area contributed by atoms with Crippen molar-refractivity contribution in [1.82, 2.24) is 0 Å². The predicted molar refractivity (Wildman–Crippen MR) is 111 cm³/mol. The van der Waals surface area contributed by atoms with Crippen LogP contribution in [-0.2, 0) is 0 Å². The normalized spacial score (nSPS) is 11.3. The second kappa shape index (κ2) is 5.96. The highest BCUT2D eigenvalue weighted by Crippen LogP contribution is 2.39. The Kier molecular flexibility index (Phi) is 3.44. The molecule has 0 aliphatic rings. The quantitative estimate of drug-likeness (QED) is 0.369. The molecule has 2 nitrogen and oxygen atoms in total. The van der Waals surface area contributed by atoms with Gasteiger partial charge in [0.1, 0.15) is 0 Å². The molecule has 0 spiro atoms. The molecule has 0 bridgehead atoms. The smallest absolute Gasteiger partial charge is 0.336 e. The van der Waals surface area contributed by atoms with Crippen LogP contribution in [0, 0.1) is 0 Å². The molecule has 0 amide bonds. The van der Waals surface area contributed by atoms with E-state index in [1.54, 1.807) is 6.07 Å². The average molecular weight is 348 g/mol. The monoisotopic (exact) mass is 348 g/mol. The van der Waals surface area contributed by atoms with Gasteiger partial charge in [-0.15, -0.1) is 0 Å². The van der Waals surface area contributed by atoms with Crippen LogP contribution >= 0.6 is 0 Å². The summed E-state index contributed by atoms with van der Waals surface area (Å²) in [6.07, 6.45) is 0. The molecule has 0 saturated heterocycles. The van der Waals surface area contributed by atoms with Gasteiger partial charge in [-0.25, -0.2) is 4.79 Å². The van der Waals surface area contributed by atoms with Crippen LogP contribution in [0.15, 0.2) is 91.0 Å². The fraction of sp³-hybridized carbons (Fsp3) is 0. The maximum atomic E-state index is 12.0. The lowest BCUT2D eigenvalue weighted by molar-refractivity contribution is 0.0698. The molecule has 0 fully saturated rings. The van der Waals surface area contributed by atoms with Gasteiger partial charge in [-0.2, -0.15) is 0 Å². The van der Waals surface area contributed by atoms with E-state index in [0.29, 0.717) is 5.56 Å². The Balaban J connectivity index is 2.02. The highest BCUT2D eigenvalue weighted by Gasteiger charge is 2.18. The molecule has 0 atom stereocenters. The number of rotatable bonds is 2. The van der Waals surface area contributed by atoms with E-state index >= 15 is 0 Å². The summed E-state index contributed by atoms with van der Waals surface area (Å²) in [6.45, 7) is 0. The molecule has 0 aliphatic heterocycles. The summed E-state index contributed by atoms with van der Waals surface area (Å²) in [5.74, 6) is -0.909. The molecule has 5 aromatic carbocycles. The predicted octanol–water partition coefficient (Wildman–Crippen LogP) is 6.51. The zero-order valence-corrected chi connectivity index (χ0v) is 14.5. The van der Waals surface area contributed by atoms with E-state index in [9.17, 15) is 9.90 Å². The summed E-state index contributed by atoms with van der Waals surface area (Å²) in [4.78, 5) is 12.0. The van der Waals surface area contributed by atoms with E-state index in [-0.39, 0.29) is 0 Å². The van der Waals surface area contributed by atoms with Crippen molar-refractivity contribution >= 4 is 38.3 Å². The SMILES string of the molecule is O=C(O)c1ccc2ccccc2c1-c1cc2ccccc2c2ccccc12. The van der Waals surface area contributed by atoms with E-state index in [1.807, 2.05) is 54.6 Å². The Morgan fingerprint density at radius 2 is 1.19 bits per heavy atom. The summed E-state index contributed by atoms with van der Waals surface area (Å²) in [5, 5.41) is 16.3. The van der Waals surface area contributed by atoms with E-state index < -0.39 is 5.97 Å². The minimum Gasteiger partial charge on any atom is -0.478 e. The van der Waals surface area contributed by atoms with Crippen molar-refractivity contribution < 1.29 is 9.90 Å². The minimum absolute atomic E-state index is 0.328. The van der Waals surface area contributed by atoms with E-state index in [4.69, 9.17) is 0 Å². The topological polar surface area (TPSA) is 37.3 Å². The van der Waals surface area contributed by atoms with Crippen LogP contribution < -0.4 is 0 Å². The first-order chi connectivity index (χ1) is 13.2. The zero-order chi connectivity index (χ0) is 18.4. The largest absolute Gasteiger partial charge is 0.478 e. The molecule has 0 heterocycles. The van der Waals surface area contributed by atoms with Crippen LogP contribution in [-0.4, -0.2) is 11.1 Å². The van der Waals surface area contributed by atoms with Crippen molar-refractivity contribution in [3.8, 4) is 11.1 Å². The Labute approximate surface area is 156 Å². The average Bonchev–Trinajstić information content (AvgIpc) is 2.72. The molecule has 1 N–H and O–H groups in total. The van der Waals surface area contributed by atoms with Crippen LogP contribution in [0.5, 0.6) is 0 Å². The van der Waals surface area contributed by atoms with Gasteiger partial charge < -0.3 is 5.11 Å². The third-order valence-electron chi connectivity index (χ3n) is 5.20. The molecule has 2 heteroatoms. The van der Waals surface area contributed by atoms with Gasteiger partial charge in [0.05, 0.1) is 5.56 Å². The number of hydrogen-bond donors (Lipinski definition) is 1. The second-order valence-electron chi connectivity index (χ2n) is 6.71. The first kappa shape index (κ1) is 15.6. The van der Waals surface area contributed by atoms with Crippen LogP contribution in [0.4, 0.5) is 0 Å². The fourth-order valence-corrected chi connectivity index (χ4v) is 4.00. The standard InChI is InChI=1S/C25H16O2/c26-25(27)22-14-13-16-7-1-4-10-19(16)24(22)23-15-17-8-2-3-9-18(17)20-11-5-6-12-21(20)23/h1-15H,(H,26,27). The van der Waals surface area contributed by atoms with Crippen molar-refractivity contribution in [2.75, 3.05) is 0 Å². The summed E-state index contributed by atoms with van der Waals surface area (Å²) < 4.78 is 0. The highest BCUT2D eigenvalue weighted by molar-refractivity contribution is 6.18. The molecule has 0 aromatic heterocycles. The Morgan fingerprint density at radius 3 is 1.93 bits per heavy atom. The van der Waals surface area contributed by atoms with Crippen LogP contribution in [0.25, 0.3) is 43.4 Å². The van der Waals surface area contributed by atoms with Gasteiger partial charge in [0.2, 0.25) is 0 Å². The Bertz CT molecular complexity index is 1350. The third-order valence-corrected chi connectivity index (χ3v) is 5.20. The Morgan fingerprint density at radius 1 is 0.593 bits per heavy atom. The molecule has 0 unspecified atom stereocenters. The molecule has 128 valence electrons. The van der Waals surface area contributed by atoms with Gasteiger partial charge in [-0.3, -0.25) is 0 Å². The number of benzene rings is 5. The van der Waals surface area contributed by atoms with Gasteiger partial charge in [0, 0.05) is 5.56 Å². The number of aromatic carboxylic acids is 1. The third kappa shape index (κ3) is 2.38. The van der Waals surface area contributed by atoms with Gasteiger partial charge in [-0.05, 0) is 50.0 Å². The van der Waals surface area contributed by atoms with Crippen LogP contribution in [0.1, 0.15) is 10.4 Å². The number of carboxylic acid groups (broad SMARTS) is 1. The molecule has 5 rings (SSSR count).